The zero-order valence-electron chi connectivity index (χ0n) is 46.2. The van der Waals surface area contributed by atoms with Gasteiger partial charge in [-0.15, -0.1) is 0 Å². The Morgan fingerprint density at radius 1 is 0.512 bits per heavy atom. The maximum Gasteiger partial charge on any atom is 0.224 e. The number of hydrogen-bond acceptors (Lipinski definition) is 20. The van der Waals surface area contributed by atoms with Crippen LogP contribution in [0.3, 0.4) is 0 Å². The summed E-state index contributed by atoms with van der Waals surface area (Å²) < 4.78 is 55.7. The molecular formula is C58H60F2N18O4. The molecule has 2 spiro atoms. The Kier molecular flexibility index (Phi) is 13.4. The molecule has 2 N–H and O–H groups in total. The maximum absolute atomic E-state index is 14.4. The Labute approximate surface area is 470 Å². The van der Waals surface area contributed by atoms with Crippen LogP contribution in [0, 0.1) is 13.8 Å². The van der Waals surface area contributed by atoms with Gasteiger partial charge < -0.3 is 39.4 Å². The largest absolute Gasteiger partial charge is 0.495 e. The van der Waals surface area contributed by atoms with Crippen molar-refractivity contribution in [3.63, 3.8) is 0 Å². The van der Waals surface area contributed by atoms with E-state index in [1.165, 1.54) is 12.7 Å². The molecule has 4 aliphatic rings. The number of methoxy groups -OCH3 is 2. The summed E-state index contributed by atoms with van der Waals surface area (Å²) in [5.41, 5.74) is 7.91. The summed E-state index contributed by atoms with van der Waals surface area (Å²) in [6.45, 7) is 8.34. The highest BCUT2D eigenvalue weighted by Crippen LogP contribution is 2.49. The minimum atomic E-state index is -0.764. The van der Waals surface area contributed by atoms with E-state index in [0.29, 0.717) is 98.1 Å². The van der Waals surface area contributed by atoms with Gasteiger partial charge in [0.1, 0.15) is 84.9 Å². The first-order chi connectivity index (χ1) is 39.8. The lowest BCUT2D eigenvalue weighted by Gasteiger charge is -2.58. The van der Waals surface area contributed by atoms with Gasteiger partial charge in [-0.25, -0.2) is 57.7 Å². The number of aryl methyl sites for hydroxylation is 2. The predicted molar refractivity (Wildman–Crippen MR) is 306 cm³/mol. The summed E-state index contributed by atoms with van der Waals surface area (Å²) in [5.74, 6) is 5.01. The number of likely N-dealkylation sites (tertiary alicyclic amines) is 2. The number of benzene rings is 4. The SMILES string of the molecule is COc1ccc2ncnc(Nc3ccc(Oc4cc5ncnn5cn4)c(C)c3)c2c1N1CC2(C[C@@H](F)CCN2C)C1.COc1ccc2ncnc(Nc3ccc(Oc4cc5ncnn5cn4)c(C)c3)c2c1N1CC2(C[C@H](F)CCN2C)C1. The monoisotopic (exact) mass is 1110 g/mol. The minimum absolute atomic E-state index is 0.172. The maximum atomic E-state index is 14.4. The van der Waals surface area contributed by atoms with Gasteiger partial charge in [-0.05, 0) is 113 Å². The van der Waals surface area contributed by atoms with Gasteiger partial charge in [-0.3, -0.25) is 9.80 Å². The molecule has 4 aliphatic heterocycles. The lowest BCUT2D eigenvalue weighted by atomic mass is 9.79. The van der Waals surface area contributed by atoms with Crippen LogP contribution in [0.1, 0.15) is 36.8 Å². The van der Waals surface area contributed by atoms with Gasteiger partial charge in [0, 0.05) is 75.6 Å². The van der Waals surface area contributed by atoms with Crippen LogP contribution in [-0.4, -0.2) is 160 Å². The standard InChI is InChI=1S/2C29H30FN9O2/c2*1-18-10-20(4-6-22(18)41-25-11-24-32-16-35-39(24)17-34-25)36-28-26-21(31-15-33-28)5-7-23(40-3)27(26)38-13-29(14-38)12-19(30)8-9-37(29)2/h2*4-7,10-11,15-17,19H,8-9,12-14H2,1-3H3,(H,31,33,36)/t2*19-/m10/s1. The van der Waals surface area contributed by atoms with Gasteiger partial charge in [0.25, 0.3) is 0 Å². The molecule has 10 aromatic rings. The smallest absolute Gasteiger partial charge is 0.224 e. The average molecular weight is 1110 g/mol. The quantitative estimate of drug-likeness (QED) is 0.117. The summed E-state index contributed by atoms with van der Waals surface area (Å²) in [5, 5.41) is 16.8. The fraction of sp³-hybridized carbons (Fsp3) is 0.345. The molecule has 22 nitrogen and oxygen atoms in total. The van der Waals surface area contributed by atoms with Crippen molar-refractivity contribution >= 4 is 67.5 Å². The summed E-state index contributed by atoms with van der Waals surface area (Å²) >= 11 is 0. The van der Waals surface area contributed by atoms with Gasteiger partial charge in [0.15, 0.2) is 11.3 Å². The number of anilines is 6. The van der Waals surface area contributed by atoms with Crippen molar-refractivity contribution in [2.24, 2.45) is 0 Å². The molecule has 0 aliphatic carbocycles. The lowest BCUT2D eigenvalue weighted by Crippen LogP contribution is -2.72. The van der Waals surface area contributed by atoms with Crippen LogP contribution in [0.4, 0.5) is 43.2 Å². The van der Waals surface area contributed by atoms with Crippen LogP contribution in [0.5, 0.6) is 34.8 Å². The van der Waals surface area contributed by atoms with E-state index in [2.05, 4.69) is 94.4 Å². The molecule has 82 heavy (non-hydrogen) atoms. The van der Waals surface area contributed by atoms with E-state index in [1.807, 2.05) is 74.5 Å². The third kappa shape index (κ3) is 9.69. The van der Waals surface area contributed by atoms with Crippen LogP contribution in [0.25, 0.3) is 33.1 Å². The predicted octanol–water partition coefficient (Wildman–Crippen LogP) is 9.09. The van der Waals surface area contributed by atoms with Crippen molar-refractivity contribution in [3.05, 3.63) is 122 Å². The molecule has 24 heteroatoms. The zero-order chi connectivity index (χ0) is 56.3. The molecule has 0 bridgehead atoms. The van der Waals surface area contributed by atoms with Crippen LogP contribution in [0.2, 0.25) is 0 Å². The number of hydrogen-bond donors (Lipinski definition) is 2. The molecule has 0 radical (unpaired) electrons. The van der Waals surface area contributed by atoms with Crippen LogP contribution in [0.15, 0.2) is 111 Å². The Balaban J connectivity index is 0.000000154. The van der Waals surface area contributed by atoms with Crippen LogP contribution >= 0.6 is 0 Å². The average Bonchev–Trinajstić information content (AvgIpc) is 4.27. The molecule has 10 heterocycles. The first-order valence-electron chi connectivity index (χ1n) is 27.1. The van der Waals surface area contributed by atoms with E-state index in [-0.39, 0.29) is 11.1 Å². The molecule has 0 unspecified atom stereocenters. The summed E-state index contributed by atoms with van der Waals surface area (Å²) in [4.78, 5) is 44.4. The van der Waals surface area contributed by atoms with E-state index >= 15 is 0 Å². The molecule has 4 aromatic carbocycles. The molecule has 4 saturated heterocycles. The molecule has 0 amide bonds. The topological polar surface area (TPSA) is 212 Å². The minimum Gasteiger partial charge on any atom is -0.495 e. The van der Waals surface area contributed by atoms with E-state index in [1.54, 1.807) is 60.7 Å². The number of aromatic nitrogens is 12. The Bertz CT molecular complexity index is 3760. The number of ether oxygens (including phenoxy) is 4. The van der Waals surface area contributed by atoms with Crippen LogP contribution in [-0.2, 0) is 0 Å². The molecule has 4 fully saturated rings. The number of rotatable bonds is 12. The number of alkyl halides is 2. The highest BCUT2D eigenvalue weighted by molar-refractivity contribution is 6.05. The number of halogens is 2. The second-order valence-electron chi connectivity index (χ2n) is 21.6. The van der Waals surface area contributed by atoms with Crippen molar-refractivity contribution < 1.29 is 27.7 Å². The summed E-state index contributed by atoms with van der Waals surface area (Å²) in [7, 11) is 7.52. The second kappa shape index (κ2) is 21.1. The van der Waals surface area contributed by atoms with Crippen molar-refractivity contribution in [3.8, 4) is 34.8 Å². The first kappa shape index (κ1) is 52.2. The lowest BCUT2D eigenvalue weighted by molar-refractivity contribution is 0.00706. The van der Waals surface area contributed by atoms with Crippen LogP contribution < -0.4 is 39.4 Å². The van der Waals surface area contributed by atoms with E-state index in [9.17, 15) is 8.78 Å². The normalized spacial score (nSPS) is 18.5. The fourth-order valence-electron chi connectivity index (χ4n) is 12.0. The van der Waals surface area contributed by atoms with Gasteiger partial charge in [0.05, 0.1) is 58.5 Å². The van der Waals surface area contributed by atoms with Crippen molar-refractivity contribution in [2.45, 2.75) is 63.0 Å². The number of likely N-dealkylation sites (N-methyl/N-ethyl adjacent to an activating group) is 2. The van der Waals surface area contributed by atoms with Crippen molar-refractivity contribution in [2.75, 3.05) is 88.0 Å². The molecule has 420 valence electrons. The van der Waals surface area contributed by atoms with E-state index < -0.39 is 12.3 Å². The molecule has 2 atom stereocenters. The number of nitrogens with one attached hydrogen (secondary N) is 2. The van der Waals surface area contributed by atoms with Gasteiger partial charge >= 0.3 is 0 Å². The summed E-state index contributed by atoms with van der Waals surface area (Å²) in [6.07, 6.45) is 9.93. The van der Waals surface area contributed by atoms with Crippen molar-refractivity contribution in [1.82, 2.24) is 68.9 Å². The molecule has 0 saturated carbocycles. The number of piperidine rings is 2. The van der Waals surface area contributed by atoms with Gasteiger partial charge in [-0.1, -0.05) is 0 Å². The highest BCUT2D eigenvalue weighted by atomic mass is 19.1. The third-order valence-electron chi connectivity index (χ3n) is 16.5. The van der Waals surface area contributed by atoms with E-state index in [0.717, 1.165) is 80.3 Å². The fourth-order valence-corrected chi connectivity index (χ4v) is 12.0. The number of nitrogens with zero attached hydrogens (tertiary/aromatic N) is 16. The number of fused-ring (bicyclic) bond motifs is 4. The Hall–Kier alpha value is -9.16. The zero-order valence-corrected chi connectivity index (χ0v) is 46.2. The summed E-state index contributed by atoms with van der Waals surface area (Å²) in [6, 6.07) is 22.9. The molecular weight excluding hydrogens is 1050 g/mol. The Morgan fingerprint density at radius 3 is 1.35 bits per heavy atom. The van der Waals surface area contributed by atoms with Gasteiger partial charge in [-0.2, -0.15) is 10.2 Å². The van der Waals surface area contributed by atoms with E-state index in [4.69, 9.17) is 18.9 Å². The van der Waals surface area contributed by atoms with Gasteiger partial charge in [0.2, 0.25) is 11.8 Å². The third-order valence-corrected chi connectivity index (χ3v) is 16.5. The molecule has 6 aromatic heterocycles. The first-order valence-corrected chi connectivity index (χ1v) is 27.1. The molecule has 14 rings (SSSR count). The highest BCUT2D eigenvalue weighted by Gasteiger charge is 2.52. The van der Waals surface area contributed by atoms with Crippen molar-refractivity contribution in [1.29, 1.82) is 0 Å². The second-order valence-corrected chi connectivity index (χ2v) is 21.6. The Morgan fingerprint density at radius 2 is 0.939 bits per heavy atom.